The molecule has 0 saturated heterocycles. The van der Waals surface area contributed by atoms with E-state index in [1.807, 2.05) is 16.8 Å². The van der Waals surface area contributed by atoms with Gasteiger partial charge in [-0.05, 0) is 57.7 Å². The van der Waals surface area contributed by atoms with E-state index in [0.29, 0.717) is 6.42 Å². The molecule has 0 radical (unpaired) electrons. The maximum absolute atomic E-state index is 12.3. The molecule has 0 saturated carbocycles. The molecule has 1 atom stereocenters. The lowest BCUT2D eigenvalue weighted by Crippen LogP contribution is -2.34. The summed E-state index contributed by atoms with van der Waals surface area (Å²) in [6.45, 7) is 1.77. The minimum atomic E-state index is -3.75. The molecule has 0 aromatic carbocycles. The van der Waals surface area contributed by atoms with E-state index in [1.165, 1.54) is 0 Å². The van der Waals surface area contributed by atoms with Gasteiger partial charge >= 0.3 is 5.97 Å². The van der Waals surface area contributed by atoms with Crippen LogP contribution in [0.4, 0.5) is 0 Å². The normalized spacial score (nSPS) is 13.2. The summed E-state index contributed by atoms with van der Waals surface area (Å²) >= 11 is 5.55. The van der Waals surface area contributed by atoms with Gasteiger partial charge < -0.3 is 5.11 Å². The summed E-state index contributed by atoms with van der Waals surface area (Å²) in [6, 6.07) is 2.82. The highest BCUT2D eigenvalue weighted by Crippen LogP contribution is 2.31. The van der Waals surface area contributed by atoms with Crippen LogP contribution in [0.3, 0.4) is 0 Å². The lowest BCUT2D eigenvalue weighted by molar-refractivity contribution is 0.0702. The monoisotopic (exact) mass is 409 g/mol. The highest BCUT2D eigenvalue weighted by Gasteiger charge is 2.24. The smallest absolute Gasteiger partial charge is 0.345 e. The molecule has 0 aliphatic rings. The predicted molar refractivity (Wildman–Crippen MR) is 86.8 cm³/mol. The third kappa shape index (κ3) is 4.13. The van der Waals surface area contributed by atoms with Crippen LogP contribution in [0, 0.1) is 0 Å². The van der Waals surface area contributed by atoms with Crippen molar-refractivity contribution in [3.05, 3.63) is 37.1 Å². The Morgan fingerprint density at radius 2 is 2.24 bits per heavy atom. The first kappa shape index (κ1) is 16.6. The highest BCUT2D eigenvalue weighted by molar-refractivity contribution is 9.11. The molecule has 0 aliphatic heterocycles. The fraction of sp³-hybridized carbons (Fsp3) is 0.250. The van der Waals surface area contributed by atoms with Crippen LogP contribution in [-0.4, -0.2) is 25.5 Å². The number of halogens is 1. The number of carboxylic acids is 1. The zero-order chi connectivity index (χ0) is 15.6. The summed E-state index contributed by atoms with van der Waals surface area (Å²) in [7, 11) is -3.75. The molecule has 0 amide bonds. The second kappa shape index (κ2) is 6.57. The van der Waals surface area contributed by atoms with E-state index in [0.717, 1.165) is 23.0 Å². The van der Waals surface area contributed by atoms with Crippen molar-refractivity contribution in [2.24, 2.45) is 0 Å². The van der Waals surface area contributed by atoms with Crippen molar-refractivity contribution in [3.8, 4) is 0 Å². The summed E-state index contributed by atoms with van der Waals surface area (Å²) < 4.78 is 27.5. The third-order valence-electron chi connectivity index (χ3n) is 2.63. The van der Waals surface area contributed by atoms with Gasteiger partial charge in [-0.2, -0.15) is 11.3 Å². The van der Waals surface area contributed by atoms with Gasteiger partial charge in [0.1, 0.15) is 9.77 Å². The highest BCUT2D eigenvalue weighted by atomic mass is 79.9. The molecule has 0 fully saturated rings. The summed E-state index contributed by atoms with van der Waals surface area (Å²) in [5, 5.41) is 12.8. The lowest BCUT2D eigenvalue weighted by atomic mass is 10.1. The Morgan fingerprint density at radius 1 is 1.52 bits per heavy atom. The van der Waals surface area contributed by atoms with Gasteiger partial charge in [-0.3, -0.25) is 0 Å². The lowest BCUT2D eigenvalue weighted by Gasteiger charge is -2.13. The van der Waals surface area contributed by atoms with E-state index in [-0.39, 0.29) is 19.6 Å². The van der Waals surface area contributed by atoms with Crippen LogP contribution in [0.2, 0.25) is 0 Å². The second-order valence-electron chi connectivity index (χ2n) is 4.41. The SMILES string of the molecule is CC(Cc1ccsc1)NS(=O)(=O)c1cc(C(=O)O)sc1Br. The molecular weight excluding hydrogens is 398 g/mol. The summed E-state index contributed by atoms with van der Waals surface area (Å²) in [6.07, 6.45) is 0.580. The largest absolute Gasteiger partial charge is 0.477 e. The number of hydrogen-bond acceptors (Lipinski definition) is 5. The molecule has 0 spiro atoms. The summed E-state index contributed by atoms with van der Waals surface area (Å²) in [5.41, 5.74) is 1.06. The fourth-order valence-electron chi connectivity index (χ4n) is 1.77. The van der Waals surface area contributed by atoms with Crippen LogP contribution in [0.5, 0.6) is 0 Å². The molecule has 21 heavy (non-hydrogen) atoms. The zero-order valence-electron chi connectivity index (χ0n) is 10.9. The van der Waals surface area contributed by atoms with Crippen molar-refractivity contribution in [2.75, 3.05) is 0 Å². The first-order valence-electron chi connectivity index (χ1n) is 5.85. The molecule has 5 nitrogen and oxygen atoms in total. The molecule has 1 unspecified atom stereocenters. The first-order chi connectivity index (χ1) is 9.79. The van der Waals surface area contributed by atoms with Crippen molar-refractivity contribution in [1.82, 2.24) is 4.72 Å². The van der Waals surface area contributed by atoms with E-state index in [9.17, 15) is 13.2 Å². The number of hydrogen-bond donors (Lipinski definition) is 2. The molecule has 0 bridgehead atoms. The number of carbonyl (C=O) groups is 1. The fourth-order valence-corrected chi connectivity index (χ4v) is 6.10. The Hall–Kier alpha value is -0.740. The molecule has 2 aromatic heterocycles. The minimum Gasteiger partial charge on any atom is -0.477 e. The van der Waals surface area contributed by atoms with Crippen molar-refractivity contribution < 1.29 is 18.3 Å². The molecule has 2 aromatic rings. The molecule has 9 heteroatoms. The van der Waals surface area contributed by atoms with Crippen molar-refractivity contribution in [2.45, 2.75) is 24.3 Å². The van der Waals surface area contributed by atoms with Crippen molar-refractivity contribution in [1.29, 1.82) is 0 Å². The van der Waals surface area contributed by atoms with Gasteiger partial charge in [0.2, 0.25) is 10.0 Å². The standard InChI is InChI=1S/C12H12BrNO4S3/c1-7(4-8-2-3-19-6-8)14-21(17,18)10-5-9(12(15)16)20-11(10)13/h2-3,5-7,14H,4H2,1H3,(H,15,16). The summed E-state index contributed by atoms with van der Waals surface area (Å²) in [5.74, 6) is -1.14. The molecule has 2 N–H and O–H groups in total. The average molecular weight is 410 g/mol. The van der Waals surface area contributed by atoms with Gasteiger partial charge in [0.15, 0.2) is 0 Å². The number of thiophene rings is 2. The number of nitrogens with one attached hydrogen (secondary N) is 1. The van der Waals surface area contributed by atoms with Gasteiger partial charge in [-0.15, -0.1) is 11.3 Å². The zero-order valence-corrected chi connectivity index (χ0v) is 14.9. The van der Waals surface area contributed by atoms with E-state index in [1.54, 1.807) is 18.3 Å². The number of aromatic carboxylic acids is 1. The number of rotatable bonds is 6. The van der Waals surface area contributed by atoms with Gasteiger partial charge in [-0.1, -0.05) is 0 Å². The van der Waals surface area contributed by atoms with Crippen LogP contribution in [0.1, 0.15) is 22.2 Å². The van der Waals surface area contributed by atoms with E-state index < -0.39 is 16.0 Å². The average Bonchev–Trinajstić information content (AvgIpc) is 2.97. The third-order valence-corrected chi connectivity index (χ3v) is 7.20. The predicted octanol–water partition coefficient (Wildman–Crippen LogP) is 3.18. The maximum Gasteiger partial charge on any atom is 0.345 e. The Bertz CT molecular complexity index is 737. The molecule has 114 valence electrons. The second-order valence-corrected chi connectivity index (χ2v) is 9.24. The maximum atomic E-state index is 12.3. The van der Waals surface area contributed by atoms with Gasteiger partial charge in [0.05, 0.1) is 3.79 Å². The van der Waals surface area contributed by atoms with Crippen LogP contribution >= 0.6 is 38.6 Å². The van der Waals surface area contributed by atoms with Gasteiger partial charge in [0.25, 0.3) is 0 Å². The first-order valence-corrected chi connectivity index (χ1v) is 9.89. The Labute approximate surface area is 138 Å². The Balaban J connectivity index is 2.16. The van der Waals surface area contributed by atoms with E-state index >= 15 is 0 Å². The molecular formula is C12H12BrNO4S3. The van der Waals surface area contributed by atoms with Gasteiger partial charge in [0, 0.05) is 6.04 Å². The molecule has 2 rings (SSSR count). The van der Waals surface area contributed by atoms with Crippen LogP contribution in [0.25, 0.3) is 0 Å². The number of carboxylic acid groups (broad SMARTS) is 1. The van der Waals surface area contributed by atoms with E-state index in [2.05, 4.69) is 20.7 Å². The number of sulfonamides is 1. The molecule has 2 heterocycles. The van der Waals surface area contributed by atoms with Crippen molar-refractivity contribution >= 4 is 54.6 Å². The van der Waals surface area contributed by atoms with E-state index in [4.69, 9.17) is 5.11 Å². The topological polar surface area (TPSA) is 83.5 Å². The van der Waals surface area contributed by atoms with Crippen LogP contribution in [-0.2, 0) is 16.4 Å². The van der Waals surface area contributed by atoms with Crippen LogP contribution in [0.15, 0.2) is 31.6 Å². The van der Waals surface area contributed by atoms with Crippen LogP contribution < -0.4 is 4.72 Å². The van der Waals surface area contributed by atoms with Gasteiger partial charge in [-0.25, -0.2) is 17.9 Å². The van der Waals surface area contributed by atoms with Crippen molar-refractivity contribution in [3.63, 3.8) is 0 Å². The Kier molecular flexibility index (Phi) is 5.20. The summed E-state index contributed by atoms with van der Waals surface area (Å²) in [4.78, 5) is 10.8. The Morgan fingerprint density at radius 3 is 2.76 bits per heavy atom. The minimum absolute atomic E-state index is 0.0206. The molecule has 0 aliphatic carbocycles. The quantitative estimate of drug-likeness (QED) is 0.766.